The molecule has 1 heterocycles. The van der Waals surface area contributed by atoms with Crippen LogP contribution >= 0.6 is 11.6 Å². The zero-order valence-electron chi connectivity index (χ0n) is 10.6. The van der Waals surface area contributed by atoms with Gasteiger partial charge in [-0.05, 0) is 36.2 Å². The lowest BCUT2D eigenvalue weighted by Gasteiger charge is -2.18. The van der Waals surface area contributed by atoms with Gasteiger partial charge in [0.05, 0.1) is 17.7 Å². The standard InChI is InChI=1S/C14H16ClN3O/c1-2-19-11-5-3-10(4-6-11)14(18-16)12-7-8-17-9-13(12)15/h3-9,14,18H,2,16H2,1H3. The fourth-order valence-electron chi connectivity index (χ4n) is 1.91. The second-order valence-corrected chi connectivity index (χ2v) is 4.41. The van der Waals surface area contributed by atoms with Gasteiger partial charge in [-0.2, -0.15) is 0 Å². The molecular weight excluding hydrogens is 262 g/mol. The topological polar surface area (TPSA) is 60.2 Å². The summed E-state index contributed by atoms with van der Waals surface area (Å²) in [5, 5.41) is 0.583. The first kappa shape index (κ1) is 13.8. The normalized spacial score (nSPS) is 12.2. The van der Waals surface area contributed by atoms with E-state index in [9.17, 15) is 0 Å². The van der Waals surface area contributed by atoms with Crippen molar-refractivity contribution in [2.75, 3.05) is 6.61 Å². The number of nitrogens with two attached hydrogens (primary N) is 1. The molecule has 0 fully saturated rings. The van der Waals surface area contributed by atoms with E-state index in [0.29, 0.717) is 11.6 Å². The lowest BCUT2D eigenvalue weighted by atomic mass is 10.0. The highest BCUT2D eigenvalue weighted by Gasteiger charge is 2.15. The van der Waals surface area contributed by atoms with Crippen LogP contribution in [0.25, 0.3) is 0 Å². The summed E-state index contributed by atoms with van der Waals surface area (Å²) in [4.78, 5) is 3.97. The molecule has 1 atom stereocenters. The van der Waals surface area contributed by atoms with E-state index in [1.807, 2.05) is 37.3 Å². The Labute approximate surface area is 117 Å². The number of ether oxygens (including phenoxy) is 1. The molecule has 0 radical (unpaired) electrons. The molecular formula is C14H16ClN3O. The molecule has 0 saturated heterocycles. The fourth-order valence-corrected chi connectivity index (χ4v) is 2.14. The van der Waals surface area contributed by atoms with Gasteiger partial charge in [0, 0.05) is 12.4 Å². The van der Waals surface area contributed by atoms with Gasteiger partial charge in [0.2, 0.25) is 0 Å². The molecule has 3 N–H and O–H groups in total. The molecule has 0 aliphatic carbocycles. The number of hydrogen-bond acceptors (Lipinski definition) is 4. The van der Waals surface area contributed by atoms with E-state index >= 15 is 0 Å². The van der Waals surface area contributed by atoms with E-state index in [1.54, 1.807) is 12.4 Å². The van der Waals surface area contributed by atoms with E-state index < -0.39 is 0 Å². The van der Waals surface area contributed by atoms with E-state index in [0.717, 1.165) is 16.9 Å². The van der Waals surface area contributed by atoms with Crippen LogP contribution in [-0.2, 0) is 0 Å². The number of hydrogen-bond donors (Lipinski definition) is 2. The molecule has 1 aromatic heterocycles. The van der Waals surface area contributed by atoms with Crippen molar-refractivity contribution in [3.05, 3.63) is 58.9 Å². The van der Waals surface area contributed by atoms with Gasteiger partial charge in [-0.15, -0.1) is 0 Å². The fraction of sp³-hybridized carbons (Fsp3) is 0.214. The Kier molecular flexibility index (Phi) is 4.74. The third-order valence-corrected chi connectivity index (χ3v) is 3.12. The third-order valence-electron chi connectivity index (χ3n) is 2.81. The summed E-state index contributed by atoms with van der Waals surface area (Å²) in [5.41, 5.74) is 4.68. The first-order valence-corrected chi connectivity index (χ1v) is 6.42. The minimum absolute atomic E-state index is 0.175. The largest absolute Gasteiger partial charge is 0.494 e. The molecule has 0 bridgehead atoms. The molecule has 0 amide bonds. The first-order chi connectivity index (χ1) is 9.26. The maximum atomic E-state index is 6.15. The summed E-state index contributed by atoms with van der Waals surface area (Å²) in [7, 11) is 0. The number of nitrogens with zero attached hydrogens (tertiary/aromatic N) is 1. The van der Waals surface area contributed by atoms with Crippen molar-refractivity contribution in [1.82, 2.24) is 10.4 Å². The summed E-state index contributed by atoms with van der Waals surface area (Å²) in [6.45, 7) is 2.60. The van der Waals surface area contributed by atoms with E-state index in [1.165, 1.54) is 0 Å². The minimum atomic E-state index is -0.175. The molecule has 2 aromatic rings. The van der Waals surface area contributed by atoms with Crippen LogP contribution < -0.4 is 16.0 Å². The maximum Gasteiger partial charge on any atom is 0.119 e. The number of pyridine rings is 1. The number of benzene rings is 1. The van der Waals surface area contributed by atoms with Gasteiger partial charge < -0.3 is 4.74 Å². The van der Waals surface area contributed by atoms with Crippen LogP contribution in [-0.4, -0.2) is 11.6 Å². The molecule has 1 unspecified atom stereocenters. The summed E-state index contributed by atoms with van der Waals surface area (Å²) in [5.74, 6) is 6.48. The van der Waals surface area contributed by atoms with Crippen LogP contribution in [0.2, 0.25) is 5.02 Å². The average molecular weight is 278 g/mol. The van der Waals surface area contributed by atoms with Gasteiger partial charge in [-0.3, -0.25) is 10.8 Å². The van der Waals surface area contributed by atoms with Gasteiger partial charge in [0.25, 0.3) is 0 Å². The van der Waals surface area contributed by atoms with Crippen LogP contribution in [0.3, 0.4) is 0 Å². The van der Waals surface area contributed by atoms with Crippen molar-refractivity contribution in [1.29, 1.82) is 0 Å². The molecule has 100 valence electrons. The predicted molar refractivity (Wildman–Crippen MR) is 76.0 cm³/mol. The number of aromatic nitrogens is 1. The molecule has 0 saturated carbocycles. The molecule has 1 aromatic carbocycles. The molecule has 5 heteroatoms. The second-order valence-electron chi connectivity index (χ2n) is 4.00. The van der Waals surface area contributed by atoms with Gasteiger partial charge >= 0.3 is 0 Å². The Hall–Kier alpha value is -1.62. The molecule has 19 heavy (non-hydrogen) atoms. The van der Waals surface area contributed by atoms with Crippen molar-refractivity contribution >= 4 is 11.6 Å². The summed E-state index contributed by atoms with van der Waals surface area (Å²) < 4.78 is 5.42. The summed E-state index contributed by atoms with van der Waals surface area (Å²) >= 11 is 6.15. The Balaban J connectivity index is 2.29. The molecule has 0 aliphatic heterocycles. The predicted octanol–water partition coefficient (Wildman–Crippen LogP) is 2.69. The molecule has 2 rings (SSSR count). The quantitative estimate of drug-likeness (QED) is 0.652. The third kappa shape index (κ3) is 3.23. The van der Waals surface area contributed by atoms with Gasteiger partial charge in [-0.1, -0.05) is 23.7 Å². The number of halogens is 1. The average Bonchev–Trinajstić information content (AvgIpc) is 2.44. The van der Waals surface area contributed by atoms with Gasteiger partial charge in [0.15, 0.2) is 0 Å². The van der Waals surface area contributed by atoms with Crippen molar-refractivity contribution in [3.63, 3.8) is 0 Å². The monoisotopic (exact) mass is 277 g/mol. The Morgan fingerprint density at radius 2 is 2.05 bits per heavy atom. The Morgan fingerprint density at radius 1 is 1.32 bits per heavy atom. The smallest absolute Gasteiger partial charge is 0.119 e. The van der Waals surface area contributed by atoms with Crippen LogP contribution in [0.15, 0.2) is 42.7 Å². The van der Waals surface area contributed by atoms with Crippen LogP contribution in [0.5, 0.6) is 5.75 Å². The number of rotatable bonds is 5. The molecule has 0 spiro atoms. The molecule has 4 nitrogen and oxygen atoms in total. The van der Waals surface area contributed by atoms with Crippen molar-refractivity contribution in [2.24, 2.45) is 5.84 Å². The zero-order valence-corrected chi connectivity index (χ0v) is 11.4. The number of nitrogens with one attached hydrogen (secondary N) is 1. The van der Waals surface area contributed by atoms with Crippen molar-refractivity contribution in [3.8, 4) is 5.75 Å². The van der Waals surface area contributed by atoms with Gasteiger partial charge in [0.1, 0.15) is 5.75 Å². The van der Waals surface area contributed by atoms with Crippen LogP contribution in [0, 0.1) is 0 Å². The van der Waals surface area contributed by atoms with Crippen LogP contribution in [0.4, 0.5) is 0 Å². The summed E-state index contributed by atoms with van der Waals surface area (Å²) in [6.07, 6.45) is 3.30. The highest BCUT2D eigenvalue weighted by molar-refractivity contribution is 6.31. The van der Waals surface area contributed by atoms with Crippen molar-refractivity contribution < 1.29 is 4.74 Å². The van der Waals surface area contributed by atoms with E-state index in [-0.39, 0.29) is 6.04 Å². The minimum Gasteiger partial charge on any atom is -0.494 e. The van der Waals surface area contributed by atoms with Crippen LogP contribution in [0.1, 0.15) is 24.1 Å². The van der Waals surface area contributed by atoms with E-state index in [2.05, 4.69) is 10.4 Å². The first-order valence-electron chi connectivity index (χ1n) is 6.04. The second kappa shape index (κ2) is 6.52. The highest BCUT2D eigenvalue weighted by atomic mass is 35.5. The highest BCUT2D eigenvalue weighted by Crippen LogP contribution is 2.28. The van der Waals surface area contributed by atoms with Crippen molar-refractivity contribution in [2.45, 2.75) is 13.0 Å². The SMILES string of the molecule is CCOc1ccc(C(NN)c2ccncc2Cl)cc1. The Morgan fingerprint density at radius 3 is 2.63 bits per heavy atom. The zero-order chi connectivity index (χ0) is 13.7. The lowest BCUT2D eigenvalue weighted by molar-refractivity contribution is 0.340. The maximum absolute atomic E-state index is 6.15. The summed E-state index contributed by atoms with van der Waals surface area (Å²) in [6, 6.07) is 9.43. The lowest BCUT2D eigenvalue weighted by Crippen LogP contribution is -2.29. The molecule has 0 aliphatic rings. The number of hydrazine groups is 1. The Bertz CT molecular complexity index is 530. The van der Waals surface area contributed by atoms with E-state index in [4.69, 9.17) is 22.2 Å². The van der Waals surface area contributed by atoms with Gasteiger partial charge in [-0.25, -0.2) is 5.43 Å².